The summed E-state index contributed by atoms with van der Waals surface area (Å²) in [6.45, 7) is 1.85. The second-order valence-electron chi connectivity index (χ2n) is 3.98. The number of anilines is 3. The van der Waals surface area contributed by atoms with E-state index in [1.807, 2.05) is 13.0 Å². The molecule has 6 heteroatoms. The molecule has 19 heavy (non-hydrogen) atoms. The minimum atomic E-state index is -1.11. The van der Waals surface area contributed by atoms with Crippen LogP contribution in [-0.4, -0.2) is 16.1 Å². The van der Waals surface area contributed by atoms with E-state index in [0.717, 1.165) is 11.3 Å². The molecule has 0 spiro atoms. The summed E-state index contributed by atoms with van der Waals surface area (Å²) in [5.74, 6) is -0.809. The summed E-state index contributed by atoms with van der Waals surface area (Å²) < 4.78 is 0. The summed E-state index contributed by atoms with van der Waals surface area (Å²) in [6, 6.07) is 8.23. The Bertz CT molecular complexity index is 644. The van der Waals surface area contributed by atoms with Crippen LogP contribution in [0.4, 0.5) is 17.2 Å². The number of nitrogens with two attached hydrogens (primary N) is 1. The molecule has 98 valence electrons. The Balaban J connectivity index is 2.40. The van der Waals surface area contributed by atoms with Crippen LogP contribution in [-0.2, 0) is 0 Å². The molecule has 4 N–H and O–H groups in total. The molecule has 0 bridgehead atoms. The molecule has 1 heterocycles. The number of pyridine rings is 1. The highest BCUT2D eigenvalue weighted by Crippen LogP contribution is 2.27. The maximum absolute atomic E-state index is 10.9. The minimum Gasteiger partial charge on any atom is -0.477 e. The van der Waals surface area contributed by atoms with Gasteiger partial charge >= 0.3 is 5.97 Å². The van der Waals surface area contributed by atoms with Crippen molar-refractivity contribution in [1.82, 2.24) is 4.98 Å². The maximum Gasteiger partial charge on any atom is 0.354 e. The summed E-state index contributed by atoms with van der Waals surface area (Å²) in [5.41, 5.74) is 7.64. The van der Waals surface area contributed by atoms with Crippen LogP contribution in [0.15, 0.2) is 30.3 Å². The maximum atomic E-state index is 10.9. The van der Waals surface area contributed by atoms with Crippen LogP contribution < -0.4 is 11.1 Å². The zero-order valence-corrected chi connectivity index (χ0v) is 10.9. The van der Waals surface area contributed by atoms with Crippen molar-refractivity contribution in [3.63, 3.8) is 0 Å². The first kappa shape index (κ1) is 13.2. The van der Waals surface area contributed by atoms with Crippen LogP contribution >= 0.6 is 11.6 Å². The van der Waals surface area contributed by atoms with Crippen LogP contribution in [0, 0.1) is 6.92 Å². The van der Waals surface area contributed by atoms with Gasteiger partial charge in [-0.3, -0.25) is 0 Å². The van der Waals surface area contributed by atoms with E-state index in [4.69, 9.17) is 22.4 Å². The number of carboxylic acid groups (broad SMARTS) is 1. The number of nitrogens with one attached hydrogen (secondary N) is 1. The second-order valence-corrected chi connectivity index (χ2v) is 4.38. The fraction of sp³-hybridized carbons (Fsp3) is 0.0769. The number of aromatic nitrogens is 1. The lowest BCUT2D eigenvalue weighted by Gasteiger charge is -2.12. The number of nitrogen functional groups attached to an aromatic ring is 1. The highest BCUT2D eigenvalue weighted by molar-refractivity contribution is 6.31. The van der Waals surface area contributed by atoms with E-state index >= 15 is 0 Å². The zero-order chi connectivity index (χ0) is 14.0. The van der Waals surface area contributed by atoms with Gasteiger partial charge in [0.15, 0.2) is 11.5 Å². The van der Waals surface area contributed by atoms with Crippen molar-refractivity contribution in [3.8, 4) is 0 Å². The highest BCUT2D eigenvalue weighted by atomic mass is 35.5. The van der Waals surface area contributed by atoms with Crippen LogP contribution in [0.5, 0.6) is 0 Å². The van der Waals surface area contributed by atoms with E-state index < -0.39 is 5.97 Å². The topological polar surface area (TPSA) is 88.2 Å². The monoisotopic (exact) mass is 277 g/mol. The van der Waals surface area contributed by atoms with Gasteiger partial charge < -0.3 is 16.2 Å². The van der Waals surface area contributed by atoms with Crippen LogP contribution in [0.25, 0.3) is 0 Å². The fourth-order valence-corrected chi connectivity index (χ4v) is 1.73. The Hall–Kier alpha value is -2.27. The standard InChI is InChI=1S/C13H12ClN3O2/c1-7-8(14)3-2-4-10(7)16-12-9(15)5-6-11(17-12)13(18)19/h2-6H,15H2,1H3,(H,16,17)(H,18,19). The molecule has 0 saturated heterocycles. The fourth-order valence-electron chi connectivity index (χ4n) is 1.56. The average molecular weight is 278 g/mol. The van der Waals surface area contributed by atoms with Crippen molar-refractivity contribution in [1.29, 1.82) is 0 Å². The Morgan fingerprint density at radius 2 is 2.11 bits per heavy atom. The van der Waals surface area contributed by atoms with E-state index in [1.165, 1.54) is 12.1 Å². The number of hydrogen-bond donors (Lipinski definition) is 3. The smallest absolute Gasteiger partial charge is 0.354 e. The summed E-state index contributed by atoms with van der Waals surface area (Å²) in [7, 11) is 0. The number of halogens is 1. The van der Waals surface area contributed by atoms with E-state index in [2.05, 4.69) is 10.3 Å². The van der Waals surface area contributed by atoms with Crippen molar-refractivity contribution >= 4 is 34.8 Å². The third kappa shape index (κ3) is 2.77. The van der Waals surface area contributed by atoms with Crippen molar-refractivity contribution in [2.75, 3.05) is 11.1 Å². The van der Waals surface area contributed by atoms with Gasteiger partial charge in [-0.2, -0.15) is 0 Å². The second kappa shape index (κ2) is 5.16. The minimum absolute atomic E-state index is 0.0728. The van der Waals surface area contributed by atoms with Gasteiger partial charge in [-0.05, 0) is 36.8 Å². The van der Waals surface area contributed by atoms with E-state index in [9.17, 15) is 4.79 Å². The quantitative estimate of drug-likeness (QED) is 0.802. The lowest BCUT2D eigenvalue weighted by Crippen LogP contribution is -2.06. The summed E-state index contributed by atoms with van der Waals surface area (Å²) in [4.78, 5) is 14.8. The Morgan fingerprint density at radius 3 is 2.79 bits per heavy atom. The molecule has 0 radical (unpaired) electrons. The zero-order valence-electron chi connectivity index (χ0n) is 10.1. The Labute approximate surface area is 115 Å². The van der Waals surface area contributed by atoms with Gasteiger partial charge in [-0.25, -0.2) is 9.78 Å². The number of benzene rings is 1. The van der Waals surface area contributed by atoms with E-state index in [-0.39, 0.29) is 5.69 Å². The molecule has 0 amide bonds. The van der Waals surface area contributed by atoms with Gasteiger partial charge in [-0.15, -0.1) is 0 Å². The first-order chi connectivity index (χ1) is 8.99. The molecule has 2 aromatic rings. The van der Waals surface area contributed by atoms with Crippen LogP contribution in [0.2, 0.25) is 5.02 Å². The molecule has 5 nitrogen and oxygen atoms in total. The molecular formula is C13H12ClN3O2. The Kier molecular flexibility index (Phi) is 3.57. The van der Waals surface area contributed by atoms with Crippen LogP contribution in [0.1, 0.15) is 16.1 Å². The first-order valence-corrected chi connectivity index (χ1v) is 5.89. The third-order valence-electron chi connectivity index (χ3n) is 2.67. The third-order valence-corrected chi connectivity index (χ3v) is 3.08. The van der Waals surface area contributed by atoms with E-state index in [0.29, 0.717) is 16.5 Å². The number of nitrogens with zero attached hydrogens (tertiary/aromatic N) is 1. The lowest BCUT2D eigenvalue weighted by atomic mass is 10.2. The summed E-state index contributed by atoms with van der Waals surface area (Å²) in [5, 5.41) is 12.5. The van der Waals surface area contributed by atoms with Gasteiger partial charge in [0, 0.05) is 10.7 Å². The van der Waals surface area contributed by atoms with Crippen molar-refractivity contribution in [2.24, 2.45) is 0 Å². The molecular weight excluding hydrogens is 266 g/mol. The normalized spacial score (nSPS) is 10.2. The molecule has 1 aromatic heterocycles. The summed E-state index contributed by atoms with van der Waals surface area (Å²) in [6.07, 6.45) is 0. The van der Waals surface area contributed by atoms with Gasteiger partial charge in [0.2, 0.25) is 0 Å². The average Bonchev–Trinajstić information content (AvgIpc) is 2.37. The molecule has 0 aliphatic heterocycles. The number of rotatable bonds is 3. The number of carboxylic acids is 1. The molecule has 0 saturated carbocycles. The van der Waals surface area contributed by atoms with Crippen LogP contribution in [0.3, 0.4) is 0 Å². The predicted octanol–water partition coefficient (Wildman–Crippen LogP) is 3.07. The van der Waals surface area contributed by atoms with Crippen molar-refractivity contribution < 1.29 is 9.90 Å². The molecule has 0 unspecified atom stereocenters. The van der Waals surface area contributed by atoms with Gasteiger partial charge in [-0.1, -0.05) is 17.7 Å². The molecule has 0 aliphatic rings. The number of aromatic carboxylic acids is 1. The van der Waals surface area contributed by atoms with E-state index in [1.54, 1.807) is 12.1 Å². The van der Waals surface area contributed by atoms with Gasteiger partial charge in [0.1, 0.15) is 0 Å². The highest BCUT2D eigenvalue weighted by Gasteiger charge is 2.10. The first-order valence-electron chi connectivity index (χ1n) is 5.51. The lowest BCUT2D eigenvalue weighted by molar-refractivity contribution is 0.0690. The van der Waals surface area contributed by atoms with Crippen molar-refractivity contribution in [3.05, 3.63) is 46.6 Å². The molecule has 0 aliphatic carbocycles. The van der Waals surface area contributed by atoms with Gasteiger partial charge in [0.25, 0.3) is 0 Å². The largest absolute Gasteiger partial charge is 0.477 e. The molecule has 2 rings (SSSR count). The molecule has 1 aromatic carbocycles. The van der Waals surface area contributed by atoms with Gasteiger partial charge in [0.05, 0.1) is 5.69 Å². The van der Waals surface area contributed by atoms with Crippen molar-refractivity contribution in [2.45, 2.75) is 6.92 Å². The number of hydrogen-bond acceptors (Lipinski definition) is 4. The predicted molar refractivity (Wildman–Crippen MR) is 75.1 cm³/mol. The Morgan fingerprint density at radius 1 is 1.37 bits per heavy atom. The molecule has 0 fully saturated rings. The SMILES string of the molecule is Cc1c(Cl)cccc1Nc1nc(C(=O)O)ccc1N. The number of carbonyl (C=O) groups is 1. The molecule has 0 atom stereocenters. The summed E-state index contributed by atoms with van der Waals surface area (Å²) >= 11 is 6.02.